The van der Waals surface area contributed by atoms with Crippen LogP contribution in [-0.4, -0.2) is 10.8 Å². The minimum Gasteiger partial charge on any atom is -0.335 e. The van der Waals surface area contributed by atoms with Gasteiger partial charge in [-0.25, -0.2) is 0 Å². The SMILES string of the molecule is CSc1ccccc1Cn1cccc1C#N. The first-order valence-corrected chi connectivity index (χ1v) is 6.25. The number of aromatic nitrogens is 1. The van der Waals surface area contributed by atoms with Crippen LogP contribution in [0.4, 0.5) is 0 Å². The highest BCUT2D eigenvalue weighted by Crippen LogP contribution is 2.21. The van der Waals surface area contributed by atoms with E-state index in [1.165, 1.54) is 10.5 Å². The van der Waals surface area contributed by atoms with Crippen molar-refractivity contribution in [3.05, 3.63) is 53.9 Å². The molecule has 0 atom stereocenters. The van der Waals surface area contributed by atoms with Crippen molar-refractivity contribution in [3.8, 4) is 6.07 Å². The molecule has 0 fully saturated rings. The second kappa shape index (κ2) is 4.91. The monoisotopic (exact) mass is 228 g/mol. The van der Waals surface area contributed by atoms with E-state index in [-0.39, 0.29) is 0 Å². The van der Waals surface area contributed by atoms with E-state index in [4.69, 9.17) is 5.26 Å². The van der Waals surface area contributed by atoms with Gasteiger partial charge in [0.05, 0.1) is 0 Å². The molecule has 0 aliphatic rings. The first kappa shape index (κ1) is 10.8. The van der Waals surface area contributed by atoms with Gasteiger partial charge in [-0.1, -0.05) is 18.2 Å². The molecule has 0 radical (unpaired) electrons. The van der Waals surface area contributed by atoms with E-state index in [1.807, 2.05) is 35.0 Å². The molecule has 2 aromatic rings. The van der Waals surface area contributed by atoms with Gasteiger partial charge in [-0.2, -0.15) is 5.26 Å². The number of thioether (sulfide) groups is 1. The van der Waals surface area contributed by atoms with E-state index in [1.54, 1.807) is 11.8 Å². The normalized spacial score (nSPS) is 10.0. The van der Waals surface area contributed by atoms with E-state index in [2.05, 4.69) is 24.5 Å². The van der Waals surface area contributed by atoms with Crippen molar-refractivity contribution < 1.29 is 0 Å². The van der Waals surface area contributed by atoms with Crippen LogP contribution in [0.1, 0.15) is 11.3 Å². The topological polar surface area (TPSA) is 28.7 Å². The smallest absolute Gasteiger partial charge is 0.120 e. The van der Waals surface area contributed by atoms with Crippen LogP contribution >= 0.6 is 11.8 Å². The van der Waals surface area contributed by atoms with Crippen LogP contribution in [0.3, 0.4) is 0 Å². The zero-order valence-corrected chi connectivity index (χ0v) is 9.87. The molecular formula is C13H12N2S. The van der Waals surface area contributed by atoms with Crippen molar-refractivity contribution in [3.63, 3.8) is 0 Å². The number of hydrogen-bond acceptors (Lipinski definition) is 2. The number of benzene rings is 1. The summed E-state index contributed by atoms with van der Waals surface area (Å²) < 4.78 is 1.97. The average molecular weight is 228 g/mol. The third-order valence-corrected chi connectivity index (χ3v) is 3.32. The van der Waals surface area contributed by atoms with Crippen LogP contribution in [0.2, 0.25) is 0 Å². The minimum absolute atomic E-state index is 0.705. The lowest BCUT2D eigenvalue weighted by molar-refractivity contribution is 0.780. The van der Waals surface area contributed by atoms with Crippen molar-refractivity contribution >= 4 is 11.8 Å². The Bertz CT molecular complexity index is 523. The standard InChI is InChI=1S/C13H12N2S/c1-16-13-7-3-2-5-11(13)10-15-8-4-6-12(15)9-14/h2-8H,10H2,1H3. The third-order valence-electron chi connectivity index (χ3n) is 2.48. The second-order valence-corrected chi connectivity index (χ2v) is 4.29. The van der Waals surface area contributed by atoms with Gasteiger partial charge < -0.3 is 4.57 Å². The molecule has 0 unspecified atom stereocenters. The highest BCUT2D eigenvalue weighted by atomic mass is 32.2. The molecule has 0 aliphatic heterocycles. The van der Waals surface area contributed by atoms with Gasteiger partial charge >= 0.3 is 0 Å². The molecule has 80 valence electrons. The Hall–Kier alpha value is -1.66. The quantitative estimate of drug-likeness (QED) is 0.755. The molecule has 2 rings (SSSR count). The lowest BCUT2D eigenvalue weighted by atomic mass is 10.2. The van der Waals surface area contributed by atoms with E-state index >= 15 is 0 Å². The van der Waals surface area contributed by atoms with Gasteiger partial charge in [-0.15, -0.1) is 11.8 Å². The van der Waals surface area contributed by atoms with Gasteiger partial charge in [0, 0.05) is 17.6 Å². The van der Waals surface area contributed by atoms with E-state index in [0.29, 0.717) is 5.69 Å². The number of rotatable bonds is 3. The number of nitrogens with zero attached hydrogens (tertiary/aromatic N) is 2. The predicted octanol–water partition coefficient (Wildman–Crippen LogP) is 3.13. The predicted molar refractivity (Wildman–Crippen MR) is 66.5 cm³/mol. The van der Waals surface area contributed by atoms with Crippen LogP contribution in [-0.2, 0) is 6.54 Å². The van der Waals surface area contributed by atoms with Gasteiger partial charge in [0.1, 0.15) is 11.8 Å². The lowest BCUT2D eigenvalue weighted by Crippen LogP contribution is -2.01. The molecule has 2 nitrogen and oxygen atoms in total. The molecule has 0 bridgehead atoms. The maximum absolute atomic E-state index is 8.94. The molecule has 1 aromatic heterocycles. The molecular weight excluding hydrogens is 216 g/mol. The van der Waals surface area contributed by atoms with Gasteiger partial charge in [-0.3, -0.25) is 0 Å². The maximum Gasteiger partial charge on any atom is 0.120 e. The zero-order valence-electron chi connectivity index (χ0n) is 9.05. The summed E-state index contributed by atoms with van der Waals surface area (Å²) in [6, 6.07) is 14.2. The fourth-order valence-corrected chi connectivity index (χ4v) is 2.28. The third kappa shape index (κ3) is 2.12. The van der Waals surface area contributed by atoms with Crippen molar-refractivity contribution in [1.29, 1.82) is 5.26 Å². The van der Waals surface area contributed by atoms with Crippen LogP contribution < -0.4 is 0 Å². The minimum atomic E-state index is 0.705. The van der Waals surface area contributed by atoms with Crippen LogP contribution in [0.5, 0.6) is 0 Å². The highest BCUT2D eigenvalue weighted by molar-refractivity contribution is 7.98. The Morgan fingerprint density at radius 3 is 2.81 bits per heavy atom. The second-order valence-electron chi connectivity index (χ2n) is 3.44. The van der Waals surface area contributed by atoms with Crippen molar-refractivity contribution in [2.75, 3.05) is 6.26 Å². The van der Waals surface area contributed by atoms with Gasteiger partial charge in [0.15, 0.2) is 0 Å². The molecule has 0 saturated carbocycles. The Morgan fingerprint density at radius 2 is 2.06 bits per heavy atom. The molecule has 0 aliphatic carbocycles. The lowest BCUT2D eigenvalue weighted by Gasteiger charge is -2.08. The Balaban J connectivity index is 2.31. The summed E-state index contributed by atoms with van der Waals surface area (Å²) in [5.74, 6) is 0. The summed E-state index contributed by atoms with van der Waals surface area (Å²) in [6.07, 6.45) is 4.01. The fraction of sp³-hybridized carbons (Fsp3) is 0.154. The summed E-state index contributed by atoms with van der Waals surface area (Å²) >= 11 is 1.73. The molecule has 3 heteroatoms. The van der Waals surface area contributed by atoms with Gasteiger partial charge in [0.25, 0.3) is 0 Å². The van der Waals surface area contributed by atoms with E-state index in [0.717, 1.165) is 6.54 Å². The summed E-state index contributed by atoms with van der Waals surface area (Å²) in [5.41, 5.74) is 1.96. The van der Waals surface area contributed by atoms with Crippen LogP contribution in [0.25, 0.3) is 0 Å². The summed E-state index contributed by atoms with van der Waals surface area (Å²) in [4.78, 5) is 1.26. The average Bonchev–Trinajstić information content (AvgIpc) is 2.77. The Kier molecular flexibility index (Phi) is 3.33. The molecule has 1 aromatic carbocycles. The highest BCUT2D eigenvalue weighted by Gasteiger charge is 2.04. The van der Waals surface area contributed by atoms with Gasteiger partial charge in [0.2, 0.25) is 0 Å². The molecule has 16 heavy (non-hydrogen) atoms. The van der Waals surface area contributed by atoms with Gasteiger partial charge in [-0.05, 0) is 30.0 Å². The summed E-state index contributed by atoms with van der Waals surface area (Å²) in [5, 5.41) is 8.94. The van der Waals surface area contributed by atoms with E-state index in [9.17, 15) is 0 Å². The number of nitriles is 1. The van der Waals surface area contributed by atoms with Crippen molar-refractivity contribution in [2.24, 2.45) is 0 Å². The Morgan fingerprint density at radius 1 is 1.25 bits per heavy atom. The van der Waals surface area contributed by atoms with Crippen molar-refractivity contribution in [1.82, 2.24) is 4.57 Å². The summed E-state index contributed by atoms with van der Waals surface area (Å²) in [6.45, 7) is 0.757. The first-order chi connectivity index (χ1) is 7.85. The number of hydrogen-bond donors (Lipinski definition) is 0. The first-order valence-electron chi connectivity index (χ1n) is 5.02. The molecule has 0 N–H and O–H groups in total. The maximum atomic E-state index is 8.94. The largest absolute Gasteiger partial charge is 0.335 e. The summed E-state index contributed by atoms with van der Waals surface area (Å²) in [7, 11) is 0. The van der Waals surface area contributed by atoms with Crippen LogP contribution in [0.15, 0.2) is 47.5 Å². The molecule has 0 saturated heterocycles. The zero-order chi connectivity index (χ0) is 11.4. The van der Waals surface area contributed by atoms with E-state index < -0.39 is 0 Å². The van der Waals surface area contributed by atoms with Crippen LogP contribution in [0, 0.1) is 11.3 Å². The Labute approximate surface area is 99.5 Å². The molecule has 1 heterocycles. The molecule has 0 spiro atoms. The molecule has 0 amide bonds. The fourth-order valence-electron chi connectivity index (χ4n) is 1.67. The van der Waals surface area contributed by atoms with Crippen molar-refractivity contribution in [2.45, 2.75) is 11.4 Å².